The van der Waals surface area contributed by atoms with E-state index in [9.17, 15) is 35.3 Å². The number of amides is 2. The average molecular weight is 714 g/mol. The molecule has 2 amide bonds. The Labute approximate surface area is 299 Å². The molecular formula is C37H55N5O9. The van der Waals surface area contributed by atoms with Crippen molar-refractivity contribution in [3.05, 3.63) is 35.4 Å². The van der Waals surface area contributed by atoms with Crippen LogP contribution in [-0.2, 0) is 27.4 Å². The lowest BCUT2D eigenvalue weighted by Gasteiger charge is -2.63. The Bertz CT molecular complexity index is 1410. The van der Waals surface area contributed by atoms with Crippen LogP contribution in [0.25, 0.3) is 0 Å². The molecule has 0 radical (unpaired) electrons. The van der Waals surface area contributed by atoms with Crippen molar-refractivity contribution in [3.63, 3.8) is 0 Å². The maximum atomic E-state index is 13.7. The summed E-state index contributed by atoms with van der Waals surface area (Å²) in [6.45, 7) is 2.85. The Morgan fingerprint density at radius 2 is 1.69 bits per heavy atom. The number of hydrogen-bond donors (Lipinski definition) is 7. The number of nitrogens with zero attached hydrogens (tertiary/aromatic N) is 3. The summed E-state index contributed by atoms with van der Waals surface area (Å²) < 4.78 is 12.0. The van der Waals surface area contributed by atoms with E-state index in [4.69, 9.17) is 20.3 Å². The molecule has 1 heterocycles. The van der Waals surface area contributed by atoms with Crippen LogP contribution < -0.4 is 11.1 Å². The number of rotatable bonds is 17. The van der Waals surface area contributed by atoms with Gasteiger partial charge in [-0.2, -0.15) is 5.26 Å². The second-order valence-electron chi connectivity index (χ2n) is 16.0. The lowest BCUT2D eigenvalue weighted by Crippen LogP contribution is -2.65. The first-order chi connectivity index (χ1) is 24.4. The van der Waals surface area contributed by atoms with Gasteiger partial charge < -0.3 is 51.0 Å². The van der Waals surface area contributed by atoms with Gasteiger partial charge >= 0.3 is 6.09 Å². The summed E-state index contributed by atoms with van der Waals surface area (Å²) in [7, 11) is 0. The Kier molecular flexibility index (Phi) is 11.6. The summed E-state index contributed by atoms with van der Waals surface area (Å²) in [4.78, 5) is 29.9. The highest BCUT2D eigenvalue weighted by atomic mass is 16.6. The summed E-state index contributed by atoms with van der Waals surface area (Å²) in [5, 5.41) is 61.4. The van der Waals surface area contributed by atoms with Gasteiger partial charge in [-0.15, -0.1) is 0 Å². The SMILES string of the molecule is CCN(Cc1ccc(CNC(=O)OCCOC23CC4CC(C2)CC([C@H](N)C(=O)N2[C@H](C#N)C[C@@H]5C[C@@H]52)(C4)C3)cc1)C[C@H](O)[C@@H](O)[C@H](O)[C@H](O)CO. The molecule has 10 atom stereocenters. The molecule has 2 unspecified atom stereocenters. The molecule has 51 heavy (non-hydrogen) atoms. The molecule has 4 bridgehead atoms. The summed E-state index contributed by atoms with van der Waals surface area (Å²) in [5.74, 6) is 1.30. The van der Waals surface area contributed by atoms with Crippen LogP contribution in [0.5, 0.6) is 0 Å². The molecule has 5 saturated carbocycles. The fourth-order valence-electron chi connectivity index (χ4n) is 9.97. The molecule has 282 valence electrons. The number of ether oxygens (including phenoxy) is 2. The fourth-order valence-corrected chi connectivity index (χ4v) is 9.97. The molecule has 0 aromatic heterocycles. The van der Waals surface area contributed by atoms with Crippen LogP contribution in [-0.4, -0.2) is 128 Å². The number of carbonyl (C=O) groups excluding carboxylic acids is 2. The van der Waals surface area contributed by atoms with Gasteiger partial charge in [0.25, 0.3) is 0 Å². The van der Waals surface area contributed by atoms with E-state index in [0.717, 1.165) is 62.5 Å². The number of nitriles is 1. The van der Waals surface area contributed by atoms with Crippen LogP contribution in [0.4, 0.5) is 4.79 Å². The minimum atomic E-state index is -1.67. The Hall–Kier alpha value is -2.87. The van der Waals surface area contributed by atoms with E-state index >= 15 is 0 Å². The van der Waals surface area contributed by atoms with Gasteiger partial charge in [-0.25, -0.2) is 4.79 Å². The van der Waals surface area contributed by atoms with Crippen molar-refractivity contribution in [2.45, 2.75) is 120 Å². The third kappa shape index (κ3) is 8.21. The number of likely N-dealkylation sites (N-methyl/N-ethyl adjacent to an activating group) is 1. The van der Waals surface area contributed by atoms with Gasteiger partial charge in [0.2, 0.25) is 5.91 Å². The van der Waals surface area contributed by atoms with Crippen molar-refractivity contribution in [3.8, 4) is 6.07 Å². The number of likely N-dealkylation sites (tertiary alicyclic amines) is 1. The van der Waals surface area contributed by atoms with Gasteiger partial charge in [0, 0.05) is 25.7 Å². The molecule has 6 aliphatic rings. The second-order valence-corrected chi connectivity index (χ2v) is 16.0. The molecule has 14 heteroatoms. The molecule has 8 N–H and O–H groups in total. The van der Waals surface area contributed by atoms with Crippen LogP contribution in [0.1, 0.15) is 69.4 Å². The molecular weight excluding hydrogens is 658 g/mol. The predicted molar refractivity (Wildman–Crippen MR) is 183 cm³/mol. The molecule has 1 aromatic carbocycles. The van der Waals surface area contributed by atoms with E-state index in [0.29, 0.717) is 30.8 Å². The van der Waals surface area contributed by atoms with Crippen LogP contribution in [0, 0.1) is 34.5 Å². The highest BCUT2D eigenvalue weighted by Gasteiger charge is 2.63. The first kappa shape index (κ1) is 37.9. The topological polar surface area (TPSA) is 222 Å². The number of aliphatic hydroxyl groups is 5. The number of alkyl carbamates (subject to hydrolysis) is 1. The highest BCUT2D eigenvalue weighted by Crippen LogP contribution is 2.64. The zero-order valence-electron chi connectivity index (χ0n) is 29.5. The largest absolute Gasteiger partial charge is 0.447 e. The van der Waals surface area contributed by atoms with E-state index in [-0.39, 0.29) is 55.3 Å². The number of nitrogens with one attached hydrogen (secondary N) is 1. The van der Waals surface area contributed by atoms with Gasteiger partial charge in [0.05, 0.1) is 37.0 Å². The fraction of sp³-hybridized carbons (Fsp3) is 0.757. The molecule has 1 aliphatic heterocycles. The quantitative estimate of drug-likeness (QED) is 0.109. The number of hydrogen-bond acceptors (Lipinski definition) is 12. The Morgan fingerprint density at radius 3 is 2.33 bits per heavy atom. The lowest BCUT2D eigenvalue weighted by molar-refractivity contribution is -0.203. The van der Waals surface area contributed by atoms with Gasteiger partial charge in [-0.3, -0.25) is 9.69 Å². The van der Waals surface area contributed by atoms with Crippen LogP contribution in [0.3, 0.4) is 0 Å². The van der Waals surface area contributed by atoms with E-state index in [2.05, 4.69) is 11.4 Å². The minimum Gasteiger partial charge on any atom is -0.447 e. The van der Waals surface area contributed by atoms with Gasteiger partial charge in [-0.1, -0.05) is 31.2 Å². The van der Waals surface area contributed by atoms with Gasteiger partial charge in [0.1, 0.15) is 31.0 Å². The average Bonchev–Trinajstić information content (AvgIpc) is 3.79. The van der Waals surface area contributed by atoms with Crippen LogP contribution in [0.15, 0.2) is 24.3 Å². The molecule has 1 saturated heterocycles. The lowest BCUT2D eigenvalue weighted by atomic mass is 9.46. The molecule has 1 aromatic rings. The molecule has 7 rings (SSSR count). The third-order valence-electron chi connectivity index (χ3n) is 12.3. The van der Waals surface area contributed by atoms with E-state index in [1.54, 1.807) is 4.90 Å². The number of nitrogens with two attached hydrogens (primary N) is 1. The maximum absolute atomic E-state index is 13.7. The first-order valence-corrected chi connectivity index (χ1v) is 18.5. The van der Waals surface area contributed by atoms with E-state index < -0.39 is 43.2 Å². The summed E-state index contributed by atoms with van der Waals surface area (Å²) in [6.07, 6.45) is 0.593. The van der Waals surface area contributed by atoms with E-state index in [1.165, 1.54) is 0 Å². The highest BCUT2D eigenvalue weighted by molar-refractivity contribution is 5.84. The standard InChI is InChI=1S/C37H55N5O9/c1-2-41(19-29(44)31(46)32(47)30(45)20-43)18-23-5-3-22(4-6-23)17-40-35(49)50-7-8-51-37-14-24-9-25(15-37)13-36(12-24,21-37)33(39)34(48)42-27(16-38)10-26-11-28(26)42/h3-6,24-33,43-47H,2,7-15,17-21,39H2,1H3,(H,40,49)/t24?,25?,26-,27+,28+,29+,30-,31-,32-,33-,36?,37?/m1/s1. The summed E-state index contributed by atoms with van der Waals surface area (Å²) >= 11 is 0. The van der Waals surface area contributed by atoms with Crippen molar-refractivity contribution in [2.75, 3.05) is 32.9 Å². The van der Waals surface area contributed by atoms with E-state index in [1.807, 2.05) is 36.1 Å². The molecule has 14 nitrogen and oxygen atoms in total. The molecule has 0 spiro atoms. The summed E-state index contributed by atoms with van der Waals surface area (Å²) in [6, 6.07) is 9.07. The Balaban J connectivity index is 0.927. The van der Waals surface area contributed by atoms with Crippen molar-refractivity contribution >= 4 is 12.0 Å². The third-order valence-corrected chi connectivity index (χ3v) is 12.3. The predicted octanol–water partition coefficient (Wildman–Crippen LogP) is 0.366. The van der Waals surface area contributed by atoms with Crippen molar-refractivity contribution < 1.29 is 44.6 Å². The Morgan fingerprint density at radius 1 is 1.02 bits per heavy atom. The van der Waals surface area contributed by atoms with Crippen LogP contribution in [0.2, 0.25) is 0 Å². The van der Waals surface area contributed by atoms with Gasteiger partial charge in [-0.05, 0) is 92.2 Å². The number of aliphatic hydroxyl groups excluding tert-OH is 5. The smallest absolute Gasteiger partial charge is 0.407 e. The van der Waals surface area contributed by atoms with Crippen LogP contribution >= 0.6 is 0 Å². The molecule has 5 aliphatic carbocycles. The maximum Gasteiger partial charge on any atom is 0.407 e. The molecule has 6 fully saturated rings. The zero-order valence-corrected chi connectivity index (χ0v) is 29.5. The minimum absolute atomic E-state index is 0.0469. The number of piperidine rings is 1. The monoisotopic (exact) mass is 713 g/mol. The first-order valence-electron chi connectivity index (χ1n) is 18.5. The van der Waals surface area contributed by atoms with Crippen molar-refractivity contribution in [1.82, 2.24) is 15.1 Å². The summed E-state index contributed by atoms with van der Waals surface area (Å²) in [5.41, 5.74) is 7.94. The normalized spacial score (nSPS) is 33.2. The number of carbonyl (C=O) groups is 2. The van der Waals surface area contributed by atoms with Crippen molar-refractivity contribution in [2.24, 2.45) is 28.9 Å². The van der Waals surface area contributed by atoms with Crippen molar-refractivity contribution in [1.29, 1.82) is 5.26 Å². The second kappa shape index (κ2) is 15.6. The van der Waals surface area contributed by atoms with Gasteiger partial charge in [0.15, 0.2) is 0 Å². The zero-order chi connectivity index (χ0) is 36.5. The number of benzene rings is 1. The number of fused-ring (bicyclic) bond motifs is 1.